The minimum Gasteiger partial charge on any atom is -0.368 e. The van der Waals surface area contributed by atoms with Gasteiger partial charge in [-0.1, -0.05) is 65.2 Å². The maximum atomic E-state index is 12.2. The fraction of sp³-hybridized carbons (Fsp3) is 0.824. The van der Waals surface area contributed by atoms with Gasteiger partial charge in [-0.15, -0.1) is 0 Å². The Morgan fingerprint density at radius 2 is 1.59 bits per heavy atom. The Morgan fingerprint density at radius 3 is 2.05 bits per heavy atom. The third-order valence-corrected chi connectivity index (χ3v) is 4.44. The molecule has 2 N–H and O–H groups in total. The van der Waals surface area contributed by atoms with E-state index in [0.29, 0.717) is 0 Å². The van der Waals surface area contributed by atoms with E-state index < -0.39 is 0 Å². The highest BCUT2D eigenvalue weighted by atomic mass is 16.1. The molecule has 0 aromatic carbocycles. The molecule has 0 spiro atoms. The van der Waals surface area contributed by atoms with E-state index in [1.54, 1.807) is 10.9 Å². The number of nitrogens with zero attached hydrogens (tertiary/aromatic N) is 3. The Balaban J connectivity index is 2.81. The molecule has 0 amide bonds. The maximum Gasteiger partial charge on any atom is 0.352 e. The van der Waals surface area contributed by atoms with Crippen molar-refractivity contribution in [2.75, 3.05) is 5.73 Å². The molecule has 0 bridgehead atoms. The molecule has 0 aliphatic carbocycles. The van der Waals surface area contributed by atoms with Crippen LogP contribution in [0.4, 0.5) is 5.95 Å². The van der Waals surface area contributed by atoms with Crippen molar-refractivity contribution < 1.29 is 0 Å². The second-order valence-electron chi connectivity index (χ2n) is 6.49. The van der Waals surface area contributed by atoms with Gasteiger partial charge in [-0.25, -0.2) is 9.78 Å². The molecule has 0 radical (unpaired) electrons. The van der Waals surface area contributed by atoms with Gasteiger partial charge in [-0.2, -0.15) is 4.98 Å². The zero-order valence-electron chi connectivity index (χ0n) is 14.5. The molecule has 0 atom stereocenters. The van der Waals surface area contributed by atoms with Gasteiger partial charge in [-0.05, 0) is 19.8 Å². The first-order valence-electron chi connectivity index (χ1n) is 8.75. The van der Waals surface area contributed by atoms with Crippen molar-refractivity contribution >= 4 is 5.95 Å². The molecule has 1 heterocycles. The van der Waals surface area contributed by atoms with Crippen LogP contribution < -0.4 is 11.4 Å². The largest absolute Gasteiger partial charge is 0.368 e. The predicted molar refractivity (Wildman–Crippen MR) is 91.9 cm³/mol. The summed E-state index contributed by atoms with van der Waals surface area (Å²) in [5.41, 5.74) is 5.04. The second kappa shape index (κ2) is 9.59. The van der Waals surface area contributed by atoms with Gasteiger partial charge >= 0.3 is 5.69 Å². The summed E-state index contributed by atoms with van der Waals surface area (Å²) in [6.45, 7) is 6.58. The van der Waals surface area contributed by atoms with Crippen molar-refractivity contribution in [1.82, 2.24) is 14.5 Å². The molecule has 0 aliphatic heterocycles. The van der Waals surface area contributed by atoms with E-state index in [4.69, 9.17) is 5.73 Å². The summed E-state index contributed by atoms with van der Waals surface area (Å²) in [6, 6.07) is 0. The van der Waals surface area contributed by atoms with Crippen molar-refractivity contribution in [3.8, 4) is 0 Å². The number of rotatable bonds is 11. The SMILES string of the molecule is CCCCCCC(C)(CCCCCC)n1cnc(N)nc1=O. The molecule has 0 aliphatic rings. The zero-order valence-corrected chi connectivity index (χ0v) is 14.5. The van der Waals surface area contributed by atoms with Crippen LogP contribution >= 0.6 is 0 Å². The van der Waals surface area contributed by atoms with Crippen LogP contribution in [0.2, 0.25) is 0 Å². The van der Waals surface area contributed by atoms with E-state index in [1.807, 2.05) is 0 Å². The molecule has 5 nitrogen and oxygen atoms in total. The Bertz CT molecular complexity index is 472. The third kappa shape index (κ3) is 5.78. The second-order valence-corrected chi connectivity index (χ2v) is 6.49. The fourth-order valence-electron chi connectivity index (χ4n) is 2.95. The number of hydrogen-bond acceptors (Lipinski definition) is 4. The van der Waals surface area contributed by atoms with Crippen molar-refractivity contribution in [1.29, 1.82) is 0 Å². The van der Waals surface area contributed by atoms with Crippen molar-refractivity contribution in [3.05, 3.63) is 16.8 Å². The summed E-state index contributed by atoms with van der Waals surface area (Å²) in [5.74, 6) is 0.0561. The Labute approximate surface area is 134 Å². The summed E-state index contributed by atoms with van der Waals surface area (Å²) in [6.07, 6.45) is 13.2. The first kappa shape index (κ1) is 18.7. The van der Waals surface area contributed by atoms with Crippen LogP contribution in [0, 0.1) is 0 Å². The van der Waals surface area contributed by atoms with Crippen LogP contribution in [0.5, 0.6) is 0 Å². The lowest BCUT2D eigenvalue weighted by Gasteiger charge is -2.31. The molecule has 5 heteroatoms. The lowest BCUT2D eigenvalue weighted by molar-refractivity contribution is 0.238. The normalized spacial score (nSPS) is 11.8. The molecule has 126 valence electrons. The van der Waals surface area contributed by atoms with Gasteiger partial charge in [0.2, 0.25) is 5.95 Å². The van der Waals surface area contributed by atoms with Gasteiger partial charge in [0, 0.05) is 5.54 Å². The molecule has 0 saturated heterocycles. The van der Waals surface area contributed by atoms with Crippen LogP contribution in [0.15, 0.2) is 11.1 Å². The van der Waals surface area contributed by atoms with Crippen molar-refractivity contribution in [3.63, 3.8) is 0 Å². The monoisotopic (exact) mass is 308 g/mol. The van der Waals surface area contributed by atoms with Crippen LogP contribution in [-0.2, 0) is 5.54 Å². The van der Waals surface area contributed by atoms with Crippen LogP contribution in [-0.4, -0.2) is 14.5 Å². The molecule has 0 fully saturated rings. The molecular formula is C17H32N4O. The highest BCUT2D eigenvalue weighted by Gasteiger charge is 2.27. The van der Waals surface area contributed by atoms with Crippen molar-refractivity contribution in [2.24, 2.45) is 0 Å². The quantitative estimate of drug-likeness (QED) is 0.630. The van der Waals surface area contributed by atoms with E-state index >= 15 is 0 Å². The maximum absolute atomic E-state index is 12.2. The van der Waals surface area contributed by atoms with Crippen LogP contribution in [0.1, 0.15) is 85.0 Å². The predicted octanol–water partition coefficient (Wildman–Crippen LogP) is 3.88. The minimum absolute atomic E-state index is 0.0561. The Morgan fingerprint density at radius 1 is 1.05 bits per heavy atom. The average Bonchev–Trinajstić information content (AvgIpc) is 2.48. The van der Waals surface area contributed by atoms with Gasteiger partial charge in [0.15, 0.2) is 0 Å². The number of aromatic nitrogens is 3. The van der Waals surface area contributed by atoms with Crippen LogP contribution in [0.25, 0.3) is 0 Å². The molecule has 22 heavy (non-hydrogen) atoms. The van der Waals surface area contributed by atoms with Crippen molar-refractivity contribution in [2.45, 2.75) is 90.5 Å². The third-order valence-electron chi connectivity index (χ3n) is 4.44. The topological polar surface area (TPSA) is 73.8 Å². The molecule has 0 unspecified atom stereocenters. The number of nitrogens with two attached hydrogens (primary N) is 1. The minimum atomic E-state index is -0.277. The van der Waals surface area contributed by atoms with E-state index in [1.165, 1.54) is 38.5 Å². The lowest BCUT2D eigenvalue weighted by atomic mass is 9.88. The van der Waals surface area contributed by atoms with E-state index in [2.05, 4.69) is 30.7 Å². The summed E-state index contributed by atoms with van der Waals surface area (Å²) in [7, 11) is 0. The number of nitrogen functional groups attached to an aromatic ring is 1. The summed E-state index contributed by atoms with van der Waals surface area (Å²) >= 11 is 0. The van der Waals surface area contributed by atoms with E-state index in [9.17, 15) is 4.79 Å². The number of unbranched alkanes of at least 4 members (excludes halogenated alkanes) is 6. The van der Waals surface area contributed by atoms with Gasteiger partial charge in [-0.3, -0.25) is 4.57 Å². The molecular weight excluding hydrogens is 276 g/mol. The van der Waals surface area contributed by atoms with Gasteiger partial charge in [0.25, 0.3) is 0 Å². The zero-order chi connectivity index (χ0) is 16.4. The fourth-order valence-corrected chi connectivity index (χ4v) is 2.95. The molecule has 0 saturated carbocycles. The summed E-state index contributed by atoms with van der Waals surface area (Å²) < 4.78 is 1.70. The van der Waals surface area contributed by atoms with Gasteiger partial charge in [0.05, 0.1) is 0 Å². The first-order chi connectivity index (χ1) is 10.5. The molecule has 1 aromatic heterocycles. The Kier molecular flexibility index (Phi) is 8.13. The lowest BCUT2D eigenvalue weighted by Crippen LogP contribution is -2.40. The molecule has 1 aromatic rings. The van der Waals surface area contributed by atoms with E-state index in [-0.39, 0.29) is 17.2 Å². The molecule has 1 rings (SSSR count). The summed E-state index contributed by atoms with van der Waals surface area (Å²) in [5, 5.41) is 0. The number of hydrogen-bond donors (Lipinski definition) is 1. The van der Waals surface area contributed by atoms with E-state index in [0.717, 1.165) is 25.7 Å². The Hall–Kier alpha value is -1.39. The highest BCUT2D eigenvalue weighted by molar-refractivity contribution is 5.10. The van der Waals surface area contributed by atoms with Gasteiger partial charge < -0.3 is 5.73 Å². The summed E-state index contributed by atoms with van der Waals surface area (Å²) in [4.78, 5) is 20.0. The first-order valence-corrected chi connectivity index (χ1v) is 8.75. The number of anilines is 1. The van der Waals surface area contributed by atoms with Gasteiger partial charge in [0.1, 0.15) is 6.33 Å². The average molecular weight is 308 g/mol. The van der Waals surface area contributed by atoms with Crippen LogP contribution in [0.3, 0.4) is 0 Å². The smallest absolute Gasteiger partial charge is 0.352 e. The highest BCUT2D eigenvalue weighted by Crippen LogP contribution is 2.28. The standard InChI is InChI=1S/C17H32N4O/c1-4-6-8-10-12-17(3,13-11-9-7-5-2)21-14-19-15(18)20-16(21)22/h14H,4-13H2,1-3H3,(H2,18,20,22).